The Morgan fingerprint density at radius 1 is 1.41 bits per heavy atom. The lowest BCUT2D eigenvalue weighted by molar-refractivity contribution is 0.0941. The molecule has 0 atom stereocenters. The van der Waals surface area contributed by atoms with Gasteiger partial charge in [-0.05, 0) is 32.0 Å². The Morgan fingerprint density at radius 3 is 2.86 bits per heavy atom. The van der Waals surface area contributed by atoms with Gasteiger partial charge < -0.3 is 10.1 Å². The molecule has 1 amide bonds. The van der Waals surface area contributed by atoms with E-state index >= 15 is 0 Å². The topological polar surface area (TPSA) is 72.7 Å². The molecule has 2 aromatic heterocycles. The van der Waals surface area contributed by atoms with Gasteiger partial charge in [-0.25, -0.2) is 4.98 Å². The maximum Gasteiger partial charge on any atom is 0.271 e. The lowest BCUT2D eigenvalue weighted by Gasteiger charge is -2.07. The Bertz CT molecular complexity index is 927. The fraction of sp³-hybridized carbons (Fsp3) is 0.267. The summed E-state index contributed by atoms with van der Waals surface area (Å²) in [5.74, 6) is 0.305. The van der Waals surface area contributed by atoms with Crippen LogP contribution in [0.3, 0.4) is 0 Å². The number of benzene rings is 1. The van der Waals surface area contributed by atoms with E-state index in [2.05, 4.69) is 10.3 Å². The summed E-state index contributed by atoms with van der Waals surface area (Å²) in [4.78, 5) is 29.5. The van der Waals surface area contributed by atoms with E-state index in [0.29, 0.717) is 10.7 Å². The van der Waals surface area contributed by atoms with Crippen LogP contribution >= 0.6 is 11.3 Å². The van der Waals surface area contributed by atoms with Crippen LogP contribution in [-0.4, -0.2) is 28.4 Å². The SMILES string of the molecule is COc1ccc2c(c1)sc1ncc(C(=O)NC(C)C)c(=O)n12. The van der Waals surface area contributed by atoms with E-state index in [4.69, 9.17) is 4.74 Å². The summed E-state index contributed by atoms with van der Waals surface area (Å²) in [5, 5.41) is 2.71. The molecular weight excluding hydrogens is 302 g/mol. The van der Waals surface area contributed by atoms with Gasteiger partial charge in [0.1, 0.15) is 11.3 Å². The van der Waals surface area contributed by atoms with Crippen molar-refractivity contribution in [2.24, 2.45) is 0 Å². The Kier molecular flexibility index (Phi) is 3.58. The van der Waals surface area contributed by atoms with Gasteiger partial charge in [-0.2, -0.15) is 0 Å². The lowest BCUT2D eigenvalue weighted by atomic mass is 10.2. The van der Waals surface area contributed by atoms with Crippen LogP contribution in [0.5, 0.6) is 5.75 Å². The van der Waals surface area contributed by atoms with E-state index in [9.17, 15) is 9.59 Å². The highest BCUT2D eigenvalue weighted by molar-refractivity contribution is 7.23. The number of rotatable bonds is 3. The number of amides is 1. The van der Waals surface area contributed by atoms with E-state index < -0.39 is 5.91 Å². The summed E-state index contributed by atoms with van der Waals surface area (Å²) in [6.07, 6.45) is 1.34. The van der Waals surface area contributed by atoms with Crippen molar-refractivity contribution in [2.75, 3.05) is 7.11 Å². The van der Waals surface area contributed by atoms with Gasteiger partial charge in [0.15, 0.2) is 4.96 Å². The number of carbonyl (C=O) groups is 1. The first-order valence-corrected chi connectivity index (χ1v) is 7.62. The normalized spacial score (nSPS) is 11.3. The zero-order valence-electron chi connectivity index (χ0n) is 12.4. The van der Waals surface area contributed by atoms with Crippen molar-refractivity contribution >= 4 is 32.4 Å². The van der Waals surface area contributed by atoms with Gasteiger partial charge in [0.2, 0.25) is 0 Å². The Balaban J connectivity index is 2.24. The molecule has 0 fully saturated rings. The van der Waals surface area contributed by atoms with Crippen molar-refractivity contribution in [3.63, 3.8) is 0 Å². The Morgan fingerprint density at radius 2 is 2.18 bits per heavy atom. The summed E-state index contributed by atoms with van der Waals surface area (Å²) >= 11 is 1.38. The van der Waals surface area contributed by atoms with Gasteiger partial charge in [0.05, 0.1) is 17.3 Å². The van der Waals surface area contributed by atoms with Gasteiger partial charge in [0.25, 0.3) is 11.5 Å². The first-order valence-electron chi connectivity index (χ1n) is 6.80. The minimum absolute atomic E-state index is 0.0433. The molecule has 0 radical (unpaired) electrons. The van der Waals surface area contributed by atoms with E-state index in [-0.39, 0.29) is 17.2 Å². The second kappa shape index (κ2) is 5.42. The average Bonchev–Trinajstić information content (AvgIpc) is 2.84. The summed E-state index contributed by atoms with van der Waals surface area (Å²) < 4.78 is 7.54. The van der Waals surface area contributed by atoms with Crippen LogP contribution in [-0.2, 0) is 0 Å². The number of ether oxygens (including phenoxy) is 1. The van der Waals surface area contributed by atoms with Crippen molar-refractivity contribution in [1.82, 2.24) is 14.7 Å². The molecule has 3 aromatic rings. The van der Waals surface area contributed by atoms with Crippen LogP contribution in [0, 0.1) is 0 Å². The number of hydrogen-bond acceptors (Lipinski definition) is 5. The van der Waals surface area contributed by atoms with Gasteiger partial charge in [-0.15, -0.1) is 0 Å². The van der Waals surface area contributed by atoms with E-state index in [1.807, 2.05) is 19.9 Å². The molecular formula is C15H15N3O3S. The molecule has 1 aromatic carbocycles. The van der Waals surface area contributed by atoms with Crippen molar-refractivity contribution in [1.29, 1.82) is 0 Å². The van der Waals surface area contributed by atoms with Crippen LogP contribution in [0.15, 0.2) is 29.2 Å². The predicted molar refractivity (Wildman–Crippen MR) is 86.0 cm³/mol. The minimum Gasteiger partial charge on any atom is -0.497 e. The van der Waals surface area contributed by atoms with Gasteiger partial charge >= 0.3 is 0 Å². The predicted octanol–water partition coefficient (Wildman–Crippen LogP) is 2.06. The highest BCUT2D eigenvalue weighted by Gasteiger charge is 2.17. The second-order valence-corrected chi connectivity index (χ2v) is 6.17. The molecule has 6 nitrogen and oxygen atoms in total. The molecule has 0 aliphatic carbocycles. The van der Waals surface area contributed by atoms with Crippen molar-refractivity contribution in [3.8, 4) is 5.75 Å². The summed E-state index contributed by atoms with van der Waals surface area (Å²) in [7, 11) is 1.59. The van der Waals surface area contributed by atoms with Crippen molar-refractivity contribution in [2.45, 2.75) is 19.9 Å². The van der Waals surface area contributed by atoms with E-state index in [0.717, 1.165) is 10.2 Å². The van der Waals surface area contributed by atoms with Gasteiger partial charge in [-0.3, -0.25) is 14.0 Å². The molecule has 7 heteroatoms. The van der Waals surface area contributed by atoms with Crippen molar-refractivity contribution < 1.29 is 9.53 Å². The number of fused-ring (bicyclic) bond motifs is 3. The quantitative estimate of drug-likeness (QED) is 0.802. The second-order valence-electron chi connectivity index (χ2n) is 5.16. The third-order valence-corrected chi connectivity index (χ3v) is 4.22. The largest absolute Gasteiger partial charge is 0.497 e. The third kappa shape index (κ3) is 2.33. The molecule has 0 bridgehead atoms. The molecule has 0 unspecified atom stereocenters. The van der Waals surface area contributed by atoms with Crippen LogP contribution in [0.1, 0.15) is 24.2 Å². The van der Waals surface area contributed by atoms with E-state index in [1.54, 1.807) is 19.2 Å². The molecule has 1 N–H and O–H groups in total. The monoisotopic (exact) mass is 317 g/mol. The standard InChI is InChI=1S/C15H15N3O3S/c1-8(2)17-13(19)10-7-16-15-18(14(10)20)11-5-4-9(21-3)6-12(11)22-15/h4-8H,1-3H3,(H,17,19). The molecule has 0 aliphatic rings. The van der Waals surface area contributed by atoms with Crippen LogP contribution in [0.2, 0.25) is 0 Å². The van der Waals surface area contributed by atoms with Gasteiger partial charge in [-0.1, -0.05) is 11.3 Å². The first-order chi connectivity index (χ1) is 10.5. The summed E-state index contributed by atoms with van der Waals surface area (Å²) in [6.45, 7) is 3.68. The number of hydrogen-bond donors (Lipinski definition) is 1. The highest BCUT2D eigenvalue weighted by Crippen LogP contribution is 2.27. The number of aromatic nitrogens is 2. The zero-order valence-corrected chi connectivity index (χ0v) is 13.2. The van der Waals surface area contributed by atoms with Crippen LogP contribution < -0.4 is 15.6 Å². The first kappa shape index (κ1) is 14.5. The molecule has 114 valence electrons. The molecule has 0 spiro atoms. The molecule has 0 saturated heterocycles. The van der Waals surface area contributed by atoms with Crippen LogP contribution in [0.25, 0.3) is 15.2 Å². The number of nitrogens with one attached hydrogen (secondary N) is 1. The highest BCUT2D eigenvalue weighted by atomic mass is 32.1. The fourth-order valence-electron chi connectivity index (χ4n) is 2.21. The fourth-order valence-corrected chi connectivity index (χ4v) is 3.22. The number of thiazole rings is 1. The smallest absolute Gasteiger partial charge is 0.271 e. The molecule has 2 heterocycles. The average molecular weight is 317 g/mol. The van der Waals surface area contributed by atoms with Crippen LogP contribution in [0.4, 0.5) is 0 Å². The maximum atomic E-state index is 12.6. The zero-order chi connectivity index (χ0) is 15.9. The number of carbonyl (C=O) groups excluding carboxylic acids is 1. The molecule has 0 aliphatic heterocycles. The number of nitrogens with zero attached hydrogens (tertiary/aromatic N) is 2. The Labute approximate surface area is 130 Å². The summed E-state index contributed by atoms with van der Waals surface area (Å²) in [6, 6.07) is 5.38. The summed E-state index contributed by atoms with van der Waals surface area (Å²) in [5.41, 5.74) is 0.402. The molecule has 3 rings (SSSR count). The third-order valence-electron chi connectivity index (χ3n) is 3.20. The molecule has 0 saturated carbocycles. The van der Waals surface area contributed by atoms with Crippen molar-refractivity contribution in [3.05, 3.63) is 40.3 Å². The lowest BCUT2D eigenvalue weighted by Crippen LogP contribution is -2.35. The van der Waals surface area contributed by atoms with E-state index in [1.165, 1.54) is 21.9 Å². The Hall–Kier alpha value is -2.41. The molecule has 22 heavy (non-hydrogen) atoms. The van der Waals surface area contributed by atoms with Gasteiger partial charge in [0, 0.05) is 12.2 Å². The maximum absolute atomic E-state index is 12.6. The number of methoxy groups -OCH3 is 1. The minimum atomic E-state index is -0.408.